The SMILES string of the molecule is S=Pn1ccnc1. The van der Waals surface area contributed by atoms with Gasteiger partial charge in [-0.05, 0) is 11.8 Å². The molecule has 0 atom stereocenters. The van der Waals surface area contributed by atoms with Crippen LogP contribution in [0.4, 0.5) is 0 Å². The summed E-state index contributed by atoms with van der Waals surface area (Å²) in [5.41, 5.74) is 0. The molecule has 36 valence electrons. The van der Waals surface area contributed by atoms with Gasteiger partial charge in [-0.3, -0.25) is 4.34 Å². The van der Waals surface area contributed by atoms with Gasteiger partial charge in [0.05, 0.1) is 7.51 Å². The highest BCUT2D eigenvalue weighted by Gasteiger charge is 1.75. The van der Waals surface area contributed by atoms with Crippen molar-refractivity contribution < 1.29 is 0 Å². The Balaban J connectivity index is 2.96. The number of rotatable bonds is 1. The summed E-state index contributed by atoms with van der Waals surface area (Å²) in [6.45, 7) is 0. The van der Waals surface area contributed by atoms with Gasteiger partial charge in [0.15, 0.2) is 0 Å². The van der Waals surface area contributed by atoms with Crippen molar-refractivity contribution in [2.45, 2.75) is 0 Å². The predicted octanol–water partition coefficient (Wildman–Crippen LogP) is 1.05. The summed E-state index contributed by atoms with van der Waals surface area (Å²) in [6, 6.07) is 0. The van der Waals surface area contributed by atoms with E-state index < -0.39 is 0 Å². The van der Waals surface area contributed by atoms with Crippen molar-refractivity contribution in [2.24, 2.45) is 0 Å². The minimum absolute atomic E-state index is 0.802. The maximum atomic E-state index is 4.67. The van der Waals surface area contributed by atoms with Crippen LogP contribution in [0.3, 0.4) is 0 Å². The van der Waals surface area contributed by atoms with Gasteiger partial charge in [-0.2, -0.15) is 0 Å². The van der Waals surface area contributed by atoms with Gasteiger partial charge >= 0.3 is 0 Å². The first-order valence-electron chi connectivity index (χ1n) is 1.75. The fourth-order valence-electron chi connectivity index (χ4n) is 0.300. The summed E-state index contributed by atoms with van der Waals surface area (Å²) in [7, 11) is 0.802. The molecular weight excluding hydrogens is 127 g/mol. The molecule has 1 aromatic rings. The fourth-order valence-corrected chi connectivity index (χ4v) is 0.806. The average molecular weight is 130 g/mol. The van der Waals surface area contributed by atoms with Gasteiger partial charge in [0.25, 0.3) is 0 Å². The van der Waals surface area contributed by atoms with Crippen LogP contribution in [-0.4, -0.2) is 9.32 Å². The number of aromatic nitrogens is 2. The van der Waals surface area contributed by atoms with Crippen molar-refractivity contribution in [3.8, 4) is 0 Å². The van der Waals surface area contributed by atoms with Crippen molar-refractivity contribution in [3.63, 3.8) is 0 Å². The molecule has 0 aliphatic carbocycles. The van der Waals surface area contributed by atoms with Crippen LogP contribution in [0.1, 0.15) is 0 Å². The molecule has 1 aromatic heterocycles. The largest absolute Gasteiger partial charge is 0.280 e. The Morgan fingerprint density at radius 1 is 1.71 bits per heavy atom. The van der Waals surface area contributed by atoms with Gasteiger partial charge in [0.2, 0.25) is 0 Å². The van der Waals surface area contributed by atoms with Crippen LogP contribution in [0.5, 0.6) is 0 Å². The molecule has 0 N–H and O–H groups in total. The van der Waals surface area contributed by atoms with E-state index in [9.17, 15) is 0 Å². The maximum absolute atomic E-state index is 4.67. The van der Waals surface area contributed by atoms with E-state index in [1.807, 2.05) is 6.20 Å². The van der Waals surface area contributed by atoms with Crippen LogP contribution >= 0.6 is 7.51 Å². The maximum Gasteiger partial charge on any atom is 0.103 e. The van der Waals surface area contributed by atoms with E-state index in [4.69, 9.17) is 0 Å². The van der Waals surface area contributed by atoms with Crippen LogP contribution in [0.15, 0.2) is 18.7 Å². The standard InChI is InChI=1S/C3H3N2PS/c7-6-5-2-1-4-3-5/h1-3H. The molecule has 0 fully saturated rings. The Morgan fingerprint density at radius 3 is 2.86 bits per heavy atom. The van der Waals surface area contributed by atoms with Gasteiger partial charge in [-0.1, -0.05) is 0 Å². The number of nitrogens with zero attached hydrogens (tertiary/aromatic N) is 2. The molecule has 0 saturated carbocycles. The van der Waals surface area contributed by atoms with Crippen molar-refractivity contribution in [2.75, 3.05) is 0 Å². The molecule has 1 rings (SSSR count). The van der Waals surface area contributed by atoms with Crippen molar-refractivity contribution in [1.82, 2.24) is 9.32 Å². The molecule has 2 nitrogen and oxygen atoms in total. The Morgan fingerprint density at radius 2 is 2.57 bits per heavy atom. The quantitative estimate of drug-likeness (QED) is 0.529. The zero-order chi connectivity index (χ0) is 5.11. The Hall–Kier alpha value is -0.270. The Kier molecular flexibility index (Phi) is 1.50. The predicted molar refractivity (Wildman–Crippen MR) is 31.9 cm³/mol. The lowest BCUT2D eigenvalue weighted by Crippen LogP contribution is -1.65. The third-order valence-corrected chi connectivity index (χ3v) is 1.58. The number of imidazole rings is 1. The molecule has 0 saturated heterocycles. The molecule has 0 spiro atoms. The zero-order valence-corrected chi connectivity index (χ0v) is 5.19. The molecule has 0 radical (unpaired) electrons. The molecule has 0 aliphatic heterocycles. The van der Waals surface area contributed by atoms with Crippen LogP contribution in [0.25, 0.3) is 0 Å². The molecule has 0 aromatic carbocycles. The van der Waals surface area contributed by atoms with Crippen LogP contribution in [0, 0.1) is 0 Å². The average Bonchev–Trinajstić information content (AvgIpc) is 2.14. The highest BCUT2D eigenvalue weighted by atomic mass is 32.4. The first kappa shape index (κ1) is 4.88. The summed E-state index contributed by atoms with van der Waals surface area (Å²) in [5.74, 6) is 0. The van der Waals surface area contributed by atoms with Gasteiger partial charge < -0.3 is 0 Å². The molecular formula is C3H3N2PS. The van der Waals surface area contributed by atoms with Crippen molar-refractivity contribution in [1.29, 1.82) is 0 Å². The second-order valence-electron chi connectivity index (χ2n) is 1.02. The first-order chi connectivity index (χ1) is 3.43. The van der Waals surface area contributed by atoms with E-state index in [-0.39, 0.29) is 0 Å². The molecule has 0 bridgehead atoms. The van der Waals surface area contributed by atoms with E-state index in [0.717, 1.165) is 7.51 Å². The minimum Gasteiger partial charge on any atom is -0.280 e. The number of hydrogen-bond acceptors (Lipinski definition) is 2. The fraction of sp³-hybridized carbons (Fsp3) is 0. The minimum atomic E-state index is 0.802. The lowest BCUT2D eigenvalue weighted by Gasteiger charge is -1.77. The van der Waals surface area contributed by atoms with Gasteiger partial charge in [-0.25, -0.2) is 4.98 Å². The molecule has 0 aliphatic rings. The molecule has 4 heteroatoms. The smallest absolute Gasteiger partial charge is 0.103 e. The van der Waals surface area contributed by atoms with Crippen LogP contribution in [-0.2, 0) is 11.8 Å². The van der Waals surface area contributed by atoms with E-state index >= 15 is 0 Å². The third-order valence-electron chi connectivity index (χ3n) is 0.585. The van der Waals surface area contributed by atoms with Crippen molar-refractivity contribution in [3.05, 3.63) is 18.7 Å². The Bertz CT molecular complexity index is 148. The third kappa shape index (κ3) is 1.05. The normalized spacial score (nSPS) is 9.71. The summed E-state index contributed by atoms with van der Waals surface area (Å²) in [5, 5.41) is 0. The summed E-state index contributed by atoms with van der Waals surface area (Å²) < 4.78 is 1.80. The highest BCUT2D eigenvalue weighted by Crippen LogP contribution is 1.96. The van der Waals surface area contributed by atoms with Gasteiger partial charge in [-0.15, -0.1) is 0 Å². The summed E-state index contributed by atoms with van der Waals surface area (Å²) in [4.78, 5) is 3.78. The number of hydrogen-bond donors (Lipinski definition) is 0. The Labute approximate surface area is 48.1 Å². The van der Waals surface area contributed by atoms with Crippen LogP contribution < -0.4 is 0 Å². The van der Waals surface area contributed by atoms with E-state index in [1.54, 1.807) is 16.9 Å². The lowest BCUT2D eigenvalue weighted by atomic mass is 11.0. The summed E-state index contributed by atoms with van der Waals surface area (Å²) >= 11 is 4.67. The molecule has 0 unspecified atom stereocenters. The lowest BCUT2D eigenvalue weighted by molar-refractivity contribution is 1.23. The first-order valence-corrected chi connectivity index (χ1v) is 3.61. The van der Waals surface area contributed by atoms with Crippen LogP contribution in [0.2, 0.25) is 0 Å². The molecule has 0 amide bonds. The monoisotopic (exact) mass is 130 g/mol. The highest BCUT2D eigenvalue weighted by molar-refractivity contribution is 7.95. The second-order valence-corrected chi connectivity index (χ2v) is 2.14. The molecule has 1 heterocycles. The zero-order valence-electron chi connectivity index (χ0n) is 3.48. The van der Waals surface area contributed by atoms with Gasteiger partial charge in [0, 0.05) is 12.4 Å². The van der Waals surface area contributed by atoms with E-state index in [0.29, 0.717) is 0 Å². The molecule has 7 heavy (non-hydrogen) atoms. The van der Waals surface area contributed by atoms with Gasteiger partial charge in [0.1, 0.15) is 6.33 Å². The summed E-state index contributed by atoms with van der Waals surface area (Å²) in [6.07, 6.45) is 5.22. The van der Waals surface area contributed by atoms with E-state index in [2.05, 4.69) is 16.8 Å². The van der Waals surface area contributed by atoms with E-state index in [1.165, 1.54) is 0 Å². The van der Waals surface area contributed by atoms with Crippen molar-refractivity contribution >= 4 is 19.3 Å². The topological polar surface area (TPSA) is 17.8 Å². The second kappa shape index (κ2) is 2.15.